The fourth-order valence-electron chi connectivity index (χ4n) is 3.44. The smallest absolute Gasteiger partial charge is 0.335 e. The topological polar surface area (TPSA) is 58.6 Å². The highest BCUT2D eigenvalue weighted by atomic mass is 16.6. The molecule has 0 bridgehead atoms. The van der Waals surface area contributed by atoms with Gasteiger partial charge in [-0.1, -0.05) is 33.8 Å². The third-order valence-corrected chi connectivity index (χ3v) is 5.24. The fourth-order valence-corrected chi connectivity index (χ4v) is 3.44. The first-order valence-electron chi connectivity index (χ1n) is 8.60. The van der Waals surface area contributed by atoms with Crippen LogP contribution < -0.4 is 10.3 Å². The summed E-state index contributed by atoms with van der Waals surface area (Å²) in [5.41, 5.74) is 7.21. The molecule has 0 aromatic heterocycles. The summed E-state index contributed by atoms with van der Waals surface area (Å²) >= 11 is 0. The zero-order valence-electron chi connectivity index (χ0n) is 15.2. The van der Waals surface area contributed by atoms with Crippen molar-refractivity contribution in [2.45, 2.75) is 51.4 Å². The zero-order valence-corrected chi connectivity index (χ0v) is 15.2. The number of anilines is 1. The fraction of sp³-hybridized carbons (Fsp3) is 0.381. The Balaban J connectivity index is 1.79. The number of carboxylic acids is 1. The molecule has 0 fully saturated rings. The molecule has 1 aliphatic carbocycles. The molecular formula is C21H25NO3. The van der Waals surface area contributed by atoms with Crippen molar-refractivity contribution in [3.63, 3.8) is 0 Å². The van der Waals surface area contributed by atoms with Crippen LogP contribution in [0.2, 0.25) is 0 Å². The van der Waals surface area contributed by atoms with Gasteiger partial charge < -0.3 is 9.94 Å². The maximum Gasteiger partial charge on any atom is 0.335 e. The lowest BCUT2D eigenvalue weighted by atomic mass is 9.63. The third kappa shape index (κ3) is 3.48. The molecule has 2 aromatic carbocycles. The van der Waals surface area contributed by atoms with Crippen LogP contribution in [-0.2, 0) is 10.8 Å². The monoisotopic (exact) mass is 339 g/mol. The second-order valence-corrected chi connectivity index (χ2v) is 8.06. The summed E-state index contributed by atoms with van der Waals surface area (Å²) in [6.07, 6.45) is 2.35. The number of aromatic carboxylic acids is 1. The number of carbonyl (C=O) groups is 1. The van der Waals surface area contributed by atoms with E-state index in [-0.39, 0.29) is 16.4 Å². The summed E-state index contributed by atoms with van der Waals surface area (Å²) in [7, 11) is 0. The number of rotatable bonds is 4. The van der Waals surface area contributed by atoms with Gasteiger partial charge in [-0.3, -0.25) is 0 Å². The first-order valence-corrected chi connectivity index (χ1v) is 8.60. The van der Waals surface area contributed by atoms with E-state index >= 15 is 0 Å². The van der Waals surface area contributed by atoms with E-state index in [1.807, 2.05) is 6.07 Å². The molecule has 0 atom stereocenters. The van der Waals surface area contributed by atoms with Crippen molar-refractivity contribution < 1.29 is 14.7 Å². The molecule has 0 aliphatic heterocycles. The Labute approximate surface area is 148 Å². The molecule has 25 heavy (non-hydrogen) atoms. The highest BCUT2D eigenvalue weighted by molar-refractivity contribution is 5.87. The molecule has 0 amide bonds. The zero-order chi connectivity index (χ0) is 18.2. The van der Waals surface area contributed by atoms with Gasteiger partial charge in [-0.2, -0.15) is 0 Å². The van der Waals surface area contributed by atoms with Crippen molar-refractivity contribution in [3.05, 3.63) is 59.2 Å². The Morgan fingerprint density at radius 2 is 1.56 bits per heavy atom. The Morgan fingerprint density at radius 3 is 2.16 bits per heavy atom. The molecule has 2 N–H and O–H groups in total. The van der Waals surface area contributed by atoms with Gasteiger partial charge in [0.2, 0.25) is 0 Å². The van der Waals surface area contributed by atoms with Crippen molar-refractivity contribution in [3.8, 4) is 5.75 Å². The summed E-state index contributed by atoms with van der Waals surface area (Å²) in [5, 5.41) is 8.93. The Kier molecular flexibility index (Phi) is 4.23. The molecule has 3 rings (SSSR count). The Bertz CT molecular complexity index is 791. The van der Waals surface area contributed by atoms with Crippen LogP contribution in [0.4, 0.5) is 5.69 Å². The predicted molar refractivity (Wildman–Crippen MR) is 99.4 cm³/mol. The molecule has 2 aromatic rings. The lowest BCUT2D eigenvalue weighted by molar-refractivity contribution is 0.0697. The molecular weight excluding hydrogens is 314 g/mol. The molecule has 0 unspecified atom stereocenters. The minimum absolute atomic E-state index is 0.145. The average molecular weight is 339 g/mol. The van der Waals surface area contributed by atoms with E-state index in [0.29, 0.717) is 5.75 Å². The van der Waals surface area contributed by atoms with Gasteiger partial charge in [-0.15, -0.1) is 0 Å². The summed E-state index contributed by atoms with van der Waals surface area (Å²) in [6, 6.07) is 12.7. The van der Waals surface area contributed by atoms with Crippen molar-refractivity contribution in [1.29, 1.82) is 0 Å². The van der Waals surface area contributed by atoms with Crippen LogP contribution in [0.5, 0.6) is 5.75 Å². The largest absolute Gasteiger partial charge is 0.478 e. The number of hydrogen-bond donors (Lipinski definition) is 2. The van der Waals surface area contributed by atoms with E-state index in [2.05, 4.69) is 45.3 Å². The van der Waals surface area contributed by atoms with E-state index in [1.54, 1.807) is 12.1 Å². The van der Waals surface area contributed by atoms with Crippen molar-refractivity contribution in [2.24, 2.45) is 0 Å². The predicted octanol–water partition coefficient (Wildman–Crippen LogP) is 5.14. The number of fused-ring (bicyclic) bond motifs is 1. The Hall–Kier alpha value is -2.49. The molecule has 132 valence electrons. The van der Waals surface area contributed by atoms with Crippen LogP contribution in [0.1, 0.15) is 62.0 Å². The molecule has 1 aliphatic rings. The third-order valence-electron chi connectivity index (χ3n) is 5.24. The molecule has 0 spiro atoms. The minimum Gasteiger partial charge on any atom is -0.478 e. The number of benzene rings is 2. The van der Waals surface area contributed by atoms with Crippen LogP contribution in [0, 0.1) is 0 Å². The highest BCUT2D eigenvalue weighted by Gasteiger charge is 2.36. The van der Waals surface area contributed by atoms with E-state index in [4.69, 9.17) is 9.94 Å². The van der Waals surface area contributed by atoms with Gasteiger partial charge in [0.1, 0.15) is 0 Å². The van der Waals surface area contributed by atoms with Gasteiger partial charge in [0.25, 0.3) is 0 Å². The van der Waals surface area contributed by atoms with Crippen LogP contribution in [0.15, 0.2) is 42.5 Å². The first kappa shape index (κ1) is 17.3. The van der Waals surface area contributed by atoms with E-state index in [9.17, 15) is 4.79 Å². The lowest BCUT2D eigenvalue weighted by Crippen LogP contribution is -2.33. The minimum atomic E-state index is -0.945. The molecule has 0 saturated heterocycles. The average Bonchev–Trinajstić information content (AvgIpc) is 2.57. The molecule has 0 radical (unpaired) electrons. The normalized spacial score (nSPS) is 17.4. The van der Waals surface area contributed by atoms with Crippen LogP contribution in [-0.4, -0.2) is 11.1 Å². The van der Waals surface area contributed by atoms with Crippen molar-refractivity contribution in [2.75, 3.05) is 5.48 Å². The first-order chi connectivity index (χ1) is 11.7. The Morgan fingerprint density at radius 1 is 0.960 bits per heavy atom. The van der Waals surface area contributed by atoms with Crippen molar-refractivity contribution >= 4 is 11.7 Å². The van der Waals surface area contributed by atoms with Crippen LogP contribution in [0.25, 0.3) is 0 Å². The molecule has 4 nitrogen and oxygen atoms in total. The second kappa shape index (κ2) is 6.10. The SMILES string of the molecule is CC1(C)CCC(C)(C)c2cc(NOc3ccc(C(=O)O)cc3)ccc21. The number of nitrogens with one attached hydrogen (secondary N) is 1. The molecule has 4 heteroatoms. The van der Waals surface area contributed by atoms with E-state index in [0.717, 1.165) is 12.1 Å². The van der Waals surface area contributed by atoms with Gasteiger partial charge in [-0.25, -0.2) is 10.3 Å². The maximum atomic E-state index is 10.9. The molecule has 0 saturated carbocycles. The van der Waals surface area contributed by atoms with Gasteiger partial charge in [0, 0.05) is 0 Å². The lowest BCUT2D eigenvalue weighted by Gasteiger charge is -2.42. The summed E-state index contributed by atoms with van der Waals surface area (Å²) in [5.74, 6) is -0.374. The summed E-state index contributed by atoms with van der Waals surface area (Å²) < 4.78 is 0. The van der Waals surface area contributed by atoms with E-state index in [1.165, 1.54) is 29.7 Å². The van der Waals surface area contributed by atoms with Crippen molar-refractivity contribution in [1.82, 2.24) is 0 Å². The van der Waals surface area contributed by atoms with Gasteiger partial charge in [-0.05, 0) is 71.2 Å². The van der Waals surface area contributed by atoms with E-state index < -0.39 is 5.97 Å². The van der Waals surface area contributed by atoms with Gasteiger partial charge >= 0.3 is 5.97 Å². The summed E-state index contributed by atoms with van der Waals surface area (Å²) in [4.78, 5) is 16.5. The summed E-state index contributed by atoms with van der Waals surface area (Å²) in [6.45, 7) is 9.18. The van der Waals surface area contributed by atoms with Gasteiger partial charge in [0.15, 0.2) is 5.75 Å². The molecule has 0 heterocycles. The maximum absolute atomic E-state index is 10.9. The van der Waals surface area contributed by atoms with Crippen LogP contribution in [0.3, 0.4) is 0 Å². The quantitative estimate of drug-likeness (QED) is 0.757. The number of carboxylic acid groups (broad SMARTS) is 1. The second-order valence-electron chi connectivity index (χ2n) is 8.06. The standard InChI is InChI=1S/C21H25NO3/c1-20(2)11-12-21(3,4)18-13-15(7-10-17(18)20)22-25-16-8-5-14(6-9-16)19(23)24/h5-10,13,22H,11-12H2,1-4H3,(H,23,24). The highest BCUT2D eigenvalue weighted by Crippen LogP contribution is 2.46. The number of hydrogen-bond acceptors (Lipinski definition) is 3. The van der Waals surface area contributed by atoms with Crippen LogP contribution >= 0.6 is 0 Å². The van der Waals surface area contributed by atoms with Gasteiger partial charge in [0.05, 0.1) is 11.3 Å².